The Morgan fingerprint density at radius 2 is 2.21 bits per heavy atom. The number of carboxylic acids is 1. The van der Waals surface area contributed by atoms with E-state index in [-0.39, 0.29) is 0 Å². The highest BCUT2D eigenvalue weighted by atomic mass is 16.4. The third-order valence-corrected chi connectivity index (χ3v) is 3.84. The van der Waals surface area contributed by atoms with Gasteiger partial charge in [0.05, 0.1) is 0 Å². The molecule has 2 rings (SSSR count). The monoisotopic (exact) mass is 262 g/mol. The molecule has 1 aromatic rings. The lowest BCUT2D eigenvalue weighted by molar-refractivity contribution is -0.137. The maximum Gasteiger partial charge on any atom is 0.303 e. The smallest absolute Gasteiger partial charge is 0.303 e. The minimum atomic E-state index is -0.672. The summed E-state index contributed by atoms with van der Waals surface area (Å²) in [5.74, 6) is -0.115. The van der Waals surface area contributed by atoms with Gasteiger partial charge in [-0.2, -0.15) is 0 Å². The quantitative estimate of drug-likeness (QED) is 0.854. The first kappa shape index (κ1) is 14.0. The molecule has 1 aliphatic heterocycles. The summed E-state index contributed by atoms with van der Waals surface area (Å²) in [6.07, 6.45) is 8.22. The van der Waals surface area contributed by atoms with Gasteiger partial charge in [-0.3, -0.25) is 9.78 Å². The molecule has 4 nitrogen and oxygen atoms in total. The first-order valence-electron chi connectivity index (χ1n) is 7.07. The molecule has 4 heteroatoms. The summed E-state index contributed by atoms with van der Waals surface area (Å²) in [7, 11) is 0. The highest BCUT2D eigenvalue weighted by Gasteiger charge is 2.20. The first-order valence-corrected chi connectivity index (χ1v) is 7.07. The molecule has 1 atom stereocenters. The van der Waals surface area contributed by atoms with E-state index in [0.717, 1.165) is 32.5 Å². The van der Waals surface area contributed by atoms with Gasteiger partial charge in [-0.1, -0.05) is 0 Å². The molecule has 0 amide bonds. The van der Waals surface area contributed by atoms with Gasteiger partial charge in [0.25, 0.3) is 0 Å². The second-order valence-corrected chi connectivity index (χ2v) is 5.35. The number of pyridine rings is 1. The second-order valence-electron chi connectivity index (χ2n) is 5.35. The fourth-order valence-electron chi connectivity index (χ4n) is 2.75. The van der Waals surface area contributed by atoms with Gasteiger partial charge in [0.2, 0.25) is 0 Å². The molecular weight excluding hydrogens is 240 g/mol. The molecule has 1 saturated heterocycles. The molecule has 0 bridgehead atoms. The van der Waals surface area contributed by atoms with Gasteiger partial charge < -0.3 is 10.0 Å². The van der Waals surface area contributed by atoms with E-state index in [9.17, 15) is 4.79 Å². The molecule has 104 valence electrons. The topological polar surface area (TPSA) is 53.4 Å². The molecule has 1 fully saturated rings. The highest BCUT2D eigenvalue weighted by molar-refractivity contribution is 5.66. The molecule has 1 aromatic heterocycles. The van der Waals surface area contributed by atoms with Crippen LogP contribution < -0.4 is 0 Å². The van der Waals surface area contributed by atoms with E-state index in [1.165, 1.54) is 18.4 Å². The number of likely N-dealkylation sites (tertiary alicyclic amines) is 1. The summed E-state index contributed by atoms with van der Waals surface area (Å²) in [5, 5.41) is 8.74. The first-order chi connectivity index (χ1) is 9.24. The number of carbonyl (C=O) groups is 1. The van der Waals surface area contributed by atoms with E-state index >= 15 is 0 Å². The van der Waals surface area contributed by atoms with E-state index in [1.807, 2.05) is 12.4 Å². The van der Waals surface area contributed by atoms with Crippen molar-refractivity contribution in [3.8, 4) is 0 Å². The maximum absolute atomic E-state index is 10.6. The van der Waals surface area contributed by atoms with E-state index in [2.05, 4.69) is 22.0 Å². The Balaban J connectivity index is 1.73. The Hall–Kier alpha value is -1.42. The van der Waals surface area contributed by atoms with Crippen LogP contribution in [0, 0.1) is 5.92 Å². The predicted molar refractivity (Wildman–Crippen MR) is 74.0 cm³/mol. The lowest BCUT2D eigenvalue weighted by atomic mass is 9.93. The fraction of sp³-hybridized carbons (Fsp3) is 0.600. The van der Waals surface area contributed by atoms with Crippen molar-refractivity contribution < 1.29 is 9.90 Å². The third-order valence-electron chi connectivity index (χ3n) is 3.84. The van der Waals surface area contributed by atoms with Crippen LogP contribution >= 0.6 is 0 Å². The molecule has 0 radical (unpaired) electrons. The number of aromatic nitrogens is 1. The number of hydrogen-bond acceptors (Lipinski definition) is 3. The van der Waals surface area contributed by atoms with E-state index < -0.39 is 5.97 Å². The minimum absolute atomic E-state index is 0.308. The standard InChI is InChI=1S/C15H22N2O2/c18-15(19)4-3-14-2-1-10-17(12-14)11-7-13-5-8-16-9-6-13/h5-6,8-9,14H,1-4,7,10-12H2,(H,18,19). The van der Waals surface area contributed by atoms with Crippen molar-refractivity contribution in [3.05, 3.63) is 30.1 Å². The van der Waals surface area contributed by atoms with E-state index in [4.69, 9.17) is 5.11 Å². The van der Waals surface area contributed by atoms with Gasteiger partial charge in [0.15, 0.2) is 0 Å². The molecule has 0 spiro atoms. The summed E-state index contributed by atoms with van der Waals surface area (Å²) >= 11 is 0. The summed E-state index contributed by atoms with van der Waals surface area (Å²) in [6.45, 7) is 3.26. The second kappa shape index (κ2) is 7.24. The largest absolute Gasteiger partial charge is 0.481 e. The van der Waals surface area contributed by atoms with Gasteiger partial charge in [-0.15, -0.1) is 0 Å². The Bertz CT molecular complexity index is 394. The Labute approximate surface area is 114 Å². The molecule has 1 N–H and O–H groups in total. The molecule has 1 unspecified atom stereocenters. The van der Waals surface area contributed by atoms with Crippen molar-refractivity contribution in [1.29, 1.82) is 0 Å². The van der Waals surface area contributed by atoms with Gasteiger partial charge in [-0.25, -0.2) is 0 Å². The fourth-order valence-corrected chi connectivity index (χ4v) is 2.75. The number of rotatable bonds is 6. The van der Waals surface area contributed by atoms with Crippen LogP contribution in [-0.2, 0) is 11.2 Å². The van der Waals surface area contributed by atoms with Crippen LogP contribution in [0.4, 0.5) is 0 Å². The SMILES string of the molecule is O=C(O)CCC1CCCN(CCc2ccncc2)C1. The van der Waals surface area contributed by atoms with Crippen LogP contribution in [0.15, 0.2) is 24.5 Å². The maximum atomic E-state index is 10.6. The predicted octanol–water partition coefficient (Wildman–Crippen LogP) is 2.20. The zero-order chi connectivity index (χ0) is 13.5. The van der Waals surface area contributed by atoms with Crippen LogP contribution in [0.1, 0.15) is 31.2 Å². The zero-order valence-electron chi connectivity index (χ0n) is 11.3. The lowest BCUT2D eigenvalue weighted by Gasteiger charge is -2.32. The summed E-state index contributed by atoms with van der Waals surface area (Å²) < 4.78 is 0. The van der Waals surface area contributed by atoms with Crippen LogP contribution in [-0.4, -0.2) is 40.6 Å². The molecule has 19 heavy (non-hydrogen) atoms. The Morgan fingerprint density at radius 1 is 1.42 bits per heavy atom. The number of hydrogen-bond donors (Lipinski definition) is 1. The average Bonchev–Trinajstić information content (AvgIpc) is 2.44. The number of piperidine rings is 1. The minimum Gasteiger partial charge on any atom is -0.481 e. The number of aliphatic carboxylic acids is 1. The molecule has 2 heterocycles. The zero-order valence-corrected chi connectivity index (χ0v) is 11.3. The molecule has 0 saturated carbocycles. The molecule has 0 aliphatic carbocycles. The van der Waals surface area contributed by atoms with Crippen molar-refractivity contribution in [2.45, 2.75) is 32.1 Å². The van der Waals surface area contributed by atoms with Gasteiger partial charge in [0.1, 0.15) is 0 Å². The van der Waals surface area contributed by atoms with Crippen molar-refractivity contribution in [2.75, 3.05) is 19.6 Å². The van der Waals surface area contributed by atoms with Crippen molar-refractivity contribution in [3.63, 3.8) is 0 Å². The number of carboxylic acid groups (broad SMARTS) is 1. The van der Waals surface area contributed by atoms with Gasteiger partial charge >= 0.3 is 5.97 Å². The van der Waals surface area contributed by atoms with Crippen LogP contribution in [0.3, 0.4) is 0 Å². The summed E-state index contributed by atoms with van der Waals surface area (Å²) in [4.78, 5) is 17.1. The van der Waals surface area contributed by atoms with Crippen molar-refractivity contribution in [2.24, 2.45) is 5.92 Å². The normalized spacial score (nSPS) is 20.3. The third kappa shape index (κ3) is 4.99. The Morgan fingerprint density at radius 3 is 2.95 bits per heavy atom. The van der Waals surface area contributed by atoms with Crippen molar-refractivity contribution in [1.82, 2.24) is 9.88 Å². The molecular formula is C15H22N2O2. The molecule has 1 aliphatic rings. The lowest BCUT2D eigenvalue weighted by Crippen LogP contribution is -2.36. The summed E-state index contributed by atoms with van der Waals surface area (Å²) in [5.41, 5.74) is 1.32. The average molecular weight is 262 g/mol. The Kier molecular flexibility index (Phi) is 5.33. The van der Waals surface area contributed by atoms with E-state index in [0.29, 0.717) is 12.3 Å². The van der Waals surface area contributed by atoms with Crippen LogP contribution in [0.2, 0.25) is 0 Å². The van der Waals surface area contributed by atoms with Crippen LogP contribution in [0.5, 0.6) is 0 Å². The van der Waals surface area contributed by atoms with Gasteiger partial charge in [0, 0.05) is 31.9 Å². The van der Waals surface area contributed by atoms with Gasteiger partial charge in [-0.05, 0) is 55.8 Å². The van der Waals surface area contributed by atoms with Crippen molar-refractivity contribution >= 4 is 5.97 Å². The molecule has 0 aromatic carbocycles. The van der Waals surface area contributed by atoms with E-state index in [1.54, 1.807) is 0 Å². The number of nitrogens with zero attached hydrogens (tertiary/aromatic N) is 2. The highest BCUT2D eigenvalue weighted by Crippen LogP contribution is 2.21. The summed E-state index contributed by atoms with van der Waals surface area (Å²) in [6, 6.07) is 4.12. The van der Waals surface area contributed by atoms with Crippen LogP contribution in [0.25, 0.3) is 0 Å².